The molecule has 4 heteroatoms. The molecule has 0 bridgehead atoms. The second-order valence-electron chi connectivity index (χ2n) is 9.54. The fraction of sp³-hybridized carbons (Fsp3) is 0. The molecular formula is C34H22N4. The van der Waals surface area contributed by atoms with E-state index in [1.165, 1.54) is 0 Å². The Balaban J connectivity index is 1.45. The quantitative estimate of drug-likeness (QED) is 0.252. The van der Waals surface area contributed by atoms with E-state index in [4.69, 9.17) is 9.97 Å². The maximum Gasteiger partial charge on any atom is 0.137 e. The fourth-order valence-electron chi connectivity index (χ4n) is 5.65. The van der Waals surface area contributed by atoms with E-state index in [0.29, 0.717) is 0 Å². The number of rotatable bonds is 3. The second kappa shape index (κ2) is 8.15. The molecule has 0 radical (unpaired) electrons. The summed E-state index contributed by atoms with van der Waals surface area (Å²) in [5.41, 5.74) is 9.73. The molecule has 38 heavy (non-hydrogen) atoms. The van der Waals surface area contributed by atoms with Gasteiger partial charge in [0, 0.05) is 28.2 Å². The molecule has 4 aromatic carbocycles. The summed E-state index contributed by atoms with van der Waals surface area (Å²) in [7, 11) is 0. The van der Waals surface area contributed by atoms with Crippen LogP contribution in [0.4, 0.5) is 0 Å². The van der Waals surface area contributed by atoms with E-state index in [0.717, 1.165) is 66.5 Å². The van der Waals surface area contributed by atoms with Gasteiger partial charge < -0.3 is 4.57 Å². The van der Waals surface area contributed by atoms with Crippen molar-refractivity contribution >= 4 is 43.9 Å². The summed E-state index contributed by atoms with van der Waals surface area (Å²) < 4.78 is 4.55. The van der Waals surface area contributed by atoms with Crippen LogP contribution in [0.25, 0.3) is 66.5 Å². The molecule has 0 aliphatic carbocycles. The number of benzene rings is 4. The third-order valence-electron chi connectivity index (χ3n) is 7.36. The van der Waals surface area contributed by atoms with Gasteiger partial charge in [0.15, 0.2) is 0 Å². The van der Waals surface area contributed by atoms with Crippen molar-refractivity contribution in [1.29, 1.82) is 0 Å². The van der Waals surface area contributed by atoms with Gasteiger partial charge in [0.1, 0.15) is 5.82 Å². The van der Waals surface area contributed by atoms with Crippen LogP contribution in [0, 0.1) is 0 Å². The van der Waals surface area contributed by atoms with Crippen molar-refractivity contribution in [1.82, 2.24) is 19.1 Å². The Morgan fingerprint density at radius 1 is 0.447 bits per heavy atom. The molecule has 0 atom stereocenters. The van der Waals surface area contributed by atoms with E-state index < -0.39 is 0 Å². The summed E-state index contributed by atoms with van der Waals surface area (Å²) in [4.78, 5) is 10.3. The van der Waals surface area contributed by atoms with Gasteiger partial charge in [-0.15, -0.1) is 0 Å². The SMILES string of the molecule is c1ccc(-c2ccc(-n3c4ccccc4c4nc5c6ccccc6n(-c6ccccc6)c5cc43)nc2)cc1. The molecule has 0 saturated carbocycles. The molecule has 0 spiro atoms. The lowest BCUT2D eigenvalue weighted by atomic mass is 10.1. The Morgan fingerprint density at radius 2 is 1.03 bits per heavy atom. The van der Waals surface area contributed by atoms with Crippen LogP contribution in [-0.4, -0.2) is 19.1 Å². The van der Waals surface area contributed by atoms with Gasteiger partial charge in [-0.1, -0.05) is 84.9 Å². The Hall–Kier alpha value is -5.22. The molecule has 0 fully saturated rings. The van der Waals surface area contributed by atoms with Crippen molar-refractivity contribution in [3.05, 3.63) is 134 Å². The molecule has 4 heterocycles. The Bertz CT molecular complexity index is 2100. The lowest BCUT2D eigenvalue weighted by molar-refractivity contribution is 1.08. The standard InChI is InChI=1S/C34H22N4/c1-3-11-23(12-4-1)24-19-20-32(35-22-24)38-29-18-10-8-16-27(29)34-31(38)21-30-33(36-34)26-15-7-9-17-28(26)37(30)25-13-5-2-6-14-25/h1-22H. The summed E-state index contributed by atoms with van der Waals surface area (Å²) in [6.07, 6.45) is 1.96. The summed E-state index contributed by atoms with van der Waals surface area (Å²) in [6, 6.07) is 44.4. The zero-order valence-electron chi connectivity index (χ0n) is 20.5. The first-order chi connectivity index (χ1) is 18.9. The lowest BCUT2D eigenvalue weighted by Crippen LogP contribution is -1.98. The first-order valence-electron chi connectivity index (χ1n) is 12.8. The molecule has 178 valence electrons. The minimum absolute atomic E-state index is 0.874. The molecular weight excluding hydrogens is 464 g/mol. The third-order valence-corrected chi connectivity index (χ3v) is 7.36. The molecule has 4 aromatic heterocycles. The van der Waals surface area contributed by atoms with Gasteiger partial charge in [-0.05, 0) is 48.0 Å². The predicted molar refractivity (Wildman–Crippen MR) is 156 cm³/mol. The van der Waals surface area contributed by atoms with Crippen LogP contribution in [-0.2, 0) is 0 Å². The van der Waals surface area contributed by atoms with Gasteiger partial charge >= 0.3 is 0 Å². The van der Waals surface area contributed by atoms with Gasteiger partial charge in [0.2, 0.25) is 0 Å². The van der Waals surface area contributed by atoms with Crippen LogP contribution < -0.4 is 0 Å². The van der Waals surface area contributed by atoms with Crippen molar-refractivity contribution in [2.75, 3.05) is 0 Å². The largest absolute Gasteiger partial charge is 0.308 e. The third kappa shape index (κ3) is 3.04. The smallest absolute Gasteiger partial charge is 0.137 e. The zero-order valence-corrected chi connectivity index (χ0v) is 20.5. The molecule has 0 saturated heterocycles. The maximum atomic E-state index is 5.32. The molecule has 0 N–H and O–H groups in total. The fourth-order valence-corrected chi connectivity index (χ4v) is 5.65. The molecule has 0 amide bonds. The van der Waals surface area contributed by atoms with Gasteiger partial charge in [-0.3, -0.25) is 4.57 Å². The molecule has 8 rings (SSSR count). The number of aromatic nitrogens is 4. The van der Waals surface area contributed by atoms with Crippen molar-refractivity contribution in [2.24, 2.45) is 0 Å². The van der Waals surface area contributed by atoms with E-state index in [2.05, 4.69) is 130 Å². The second-order valence-corrected chi connectivity index (χ2v) is 9.54. The first kappa shape index (κ1) is 20.9. The minimum Gasteiger partial charge on any atom is -0.308 e. The Labute approximate surface area is 219 Å². The molecule has 0 aliphatic heterocycles. The zero-order chi connectivity index (χ0) is 25.1. The van der Waals surface area contributed by atoms with E-state index >= 15 is 0 Å². The normalized spacial score (nSPS) is 11.7. The van der Waals surface area contributed by atoms with Gasteiger partial charge in [-0.25, -0.2) is 9.97 Å². The average Bonchev–Trinajstić information content (AvgIpc) is 3.49. The van der Waals surface area contributed by atoms with Crippen LogP contribution in [0.2, 0.25) is 0 Å². The number of pyridine rings is 2. The van der Waals surface area contributed by atoms with E-state index in [9.17, 15) is 0 Å². The van der Waals surface area contributed by atoms with Crippen molar-refractivity contribution in [2.45, 2.75) is 0 Å². The van der Waals surface area contributed by atoms with Crippen LogP contribution in [0.5, 0.6) is 0 Å². The predicted octanol–water partition coefficient (Wildman–Crippen LogP) is 8.34. The Kier molecular flexibility index (Phi) is 4.49. The van der Waals surface area contributed by atoms with Gasteiger partial charge in [0.25, 0.3) is 0 Å². The number of hydrogen-bond donors (Lipinski definition) is 0. The number of hydrogen-bond acceptors (Lipinski definition) is 2. The highest BCUT2D eigenvalue weighted by Gasteiger charge is 2.19. The van der Waals surface area contributed by atoms with Gasteiger partial charge in [-0.2, -0.15) is 0 Å². The summed E-state index contributed by atoms with van der Waals surface area (Å²) in [5.74, 6) is 0.874. The topological polar surface area (TPSA) is 35.6 Å². The van der Waals surface area contributed by atoms with Crippen molar-refractivity contribution in [3.8, 4) is 22.6 Å². The Morgan fingerprint density at radius 3 is 1.68 bits per heavy atom. The van der Waals surface area contributed by atoms with E-state index in [-0.39, 0.29) is 0 Å². The lowest BCUT2D eigenvalue weighted by Gasteiger charge is -2.09. The molecule has 0 aliphatic rings. The molecule has 4 nitrogen and oxygen atoms in total. The highest BCUT2D eigenvalue weighted by atomic mass is 15.1. The number of para-hydroxylation sites is 3. The molecule has 0 unspecified atom stereocenters. The first-order valence-corrected chi connectivity index (χ1v) is 12.8. The summed E-state index contributed by atoms with van der Waals surface area (Å²) in [5, 5.41) is 2.27. The van der Waals surface area contributed by atoms with Crippen LogP contribution >= 0.6 is 0 Å². The van der Waals surface area contributed by atoms with E-state index in [1.807, 2.05) is 12.3 Å². The van der Waals surface area contributed by atoms with Gasteiger partial charge in [0.05, 0.1) is 33.1 Å². The van der Waals surface area contributed by atoms with Crippen LogP contribution in [0.15, 0.2) is 134 Å². The van der Waals surface area contributed by atoms with E-state index in [1.54, 1.807) is 0 Å². The van der Waals surface area contributed by atoms with Crippen molar-refractivity contribution in [3.63, 3.8) is 0 Å². The molecule has 8 aromatic rings. The van der Waals surface area contributed by atoms with Crippen LogP contribution in [0.3, 0.4) is 0 Å². The highest BCUT2D eigenvalue weighted by molar-refractivity contribution is 6.15. The number of nitrogens with zero attached hydrogens (tertiary/aromatic N) is 4. The summed E-state index contributed by atoms with van der Waals surface area (Å²) >= 11 is 0. The minimum atomic E-state index is 0.874. The monoisotopic (exact) mass is 486 g/mol. The number of fused-ring (bicyclic) bond motifs is 6. The maximum absolute atomic E-state index is 5.32. The summed E-state index contributed by atoms with van der Waals surface area (Å²) in [6.45, 7) is 0. The highest BCUT2D eigenvalue weighted by Crippen LogP contribution is 2.37. The van der Waals surface area contributed by atoms with Crippen LogP contribution in [0.1, 0.15) is 0 Å². The van der Waals surface area contributed by atoms with Crippen molar-refractivity contribution < 1.29 is 0 Å². The average molecular weight is 487 g/mol.